The van der Waals surface area contributed by atoms with Crippen LogP contribution in [0, 0.1) is 12.3 Å². The minimum absolute atomic E-state index is 0.212. The number of rotatable bonds is 4. The summed E-state index contributed by atoms with van der Waals surface area (Å²) in [7, 11) is 2.00. The van der Waals surface area contributed by atoms with Gasteiger partial charge in [-0.3, -0.25) is 0 Å². The molecule has 1 atom stereocenters. The normalized spacial score (nSPS) is 20.0. The molecule has 1 N–H and O–H groups in total. The van der Waals surface area contributed by atoms with Gasteiger partial charge < -0.3 is 14.8 Å². The molecule has 1 aromatic heterocycles. The van der Waals surface area contributed by atoms with Gasteiger partial charge in [-0.05, 0) is 44.1 Å². The molecule has 144 valence electrons. The summed E-state index contributed by atoms with van der Waals surface area (Å²) in [5.41, 5.74) is 1.82. The Morgan fingerprint density at radius 3 is 2.59 bits per heavy atom. The molecule has 2 fully saturated rings. The standard InChI is InChI=1S/C21H30N6/c1-16(18-8-5-4-6-9-18)23-20(22-14-19-25-24-17(2)26(19)3)27-13-12-21(15-27)10-7-11-21/h4-6,8-9,16H,7,10-15H2,1-3H3,(H,22,23). The summed E-state index contributed by atoms with van der Waals surface area (Å²) in [6.45, 7) is 6.93. The summed E-state index contributed by atoms with van der Waals surface area (Å²) < 4.78 is 2.01. The Morgan fingerprint density at radius 1 is 1.22 bits per heavy atom. The smallest absolute Gasteiger partial charge is 0.194 e. The van der Waals surface area contributed by atoms with E-state index in [0.29, 0.717) is 12.0 Å². The van der Waals surface area contributed by atoms with Crippen LogP contribution in [0.2, 0.25) is 0 Å². The number of aryl methyl sites for hydroxylation is 1. The Balaban J connectivity index is 1.53. The molecule has 4 rings (SSSR count). The number of nitrogens with zero attached hydrogens (tertiary/aromatic N) is 5. The molecule has 6 heteroatoms. The lowest BCUT2D eigenvalue weighted by Crippen LogP contribution is -2.43. The highest BCUT2D eigenvalue weighted by atomic mass is 15.3. The van der Waals surface area contributed by atoms with Crippen LogP contribution in [-0.2, 0) is 13.6 Å². The van der Waals surface area contributed by atoms with Gasteiger partial charge in [0, 0.05) is 20.1 Å². The fraction of sp³-hybridized carbons (Fsp3) is 0.571. The van der Waals surface area contributed by atoms with Crippen LogP contribution in [0.4, 0.5) is 0 Å². The lowest BCUT2D eigenvalue weighted by atomic mass is 9.68. The van der Waals surface area contributed by atoms with Crippen LogP contribution in [0.25, 0.3) is 0 Å². The first kappa shape index (κ1) is 18.0. The lowest BCUT2D eigenvalue weighted by molar-refractivity contribution is 0.151. The number of likely N-dealkylation sites (tertiary alicyclic amines) is 1. The SMILES string of the molecule is Cc1nnc(CN=C(NC(C)c2ccccc2)N2CCC3(CCC3)C2)n1C. The number of benzene rings is 1. The number of nitrogens with one attached hydrogen (secondary N) is 1. The second-order valence-corrected chi connectivity index (χ2v) is 8.16. The third-order valence-electron chi connectivity index (χ3n) is 6.35. The molecular weight excluding hydrogens is 336 g/mol. The van der Waals surface area contributed by atoms with Crippen molar-refractivity contribution < 1.29 is 0 Å². The van der Waals surface area contributed by atoms with Gasteiger partial charge in [0.15, 0.2) is 11.8 Å². The van der Waals surface area contributed by atoms with Gasteiger partial charge >= 0.3 is 0 Å². The molecule has 2 heterocycles. The van der Waals surface area contributed by atoms with E-state index < -0.39 is 0 Å². The highest BCUT2D eigenvalue weighted by Crippen LogP contribution is 2.47. The maximum absolute atomic E-state index is 4.95. The van der Waals surface area contributed by atoms with Gasteiger partial charge in [0.1, 0.15) is 12.4 Å². The maximum Gasteiger partial charge on any atom is 0.194 e. The summed E-state index contributed by atoms with van der Waals surface area (Å²) in [5.74, 6) is 2.81. The average molecular weight is 367 g/mol. The van der Waals surface area contributed by atoms with Gasteiger partial charge in [0.25, 0.3) is 0 Å². The number of hydrogen-bond acceptors (Lipinski definition) is 3. The zero-order chi connectivity index (χ0) is 18.9. The van der Waals surface area contributed by atoms with Crippen LogP contribution >= 0.6 is 0 Å². The maximum atomic E-state index is 4.95. The van der Waals surface area contributed by atoms with Crippen molar-refractivity contribution >= 4 is 5.96 Å². The van der Waals surface area contributed by atoms with Crippen molar-refractivity contribution in [1.29, 1.82) is 0 Å². The fourth-order valence-corrected chi connectivity index (χ4v) is 4.19. The van der Waals surface area contributed by atoms with Crippen molar-refractivity contribution in [2.75, 3.05) is 13.1 Å². The van der Waals surface area contributed by atoms with Gasteiger partial charge in [-0.2, -0.15) is 0 Å². The zero-order valence-corrected chi connectivity index (χ0v) is 16.6. The van der Waals surface area contributed by atoms with Crippen molar-refractivity contribution in [3.8, 4) is 0 Å². The Hall–Kier alpha value is -2.37. The zero-order valence-electron chi connectivity index (χ0n) is 16.6. The van der Waals surface area contributed by atoms with Gasteiger partial charge in [0.2, 0.25) is 0 Å². The van der Waals surface area contributed by atoms with E-state index in [9.17, 15) is 0 Å². The molecular formula is C21H30N6. The summed E-state index contributed by atoms with van der Waals surface area (Å²) in [4.78, 5) is 7.39. The fourth-order valence-electron chi connectivity index (χ4n) is 4.19. The molecule has 27 heavy (non-hydrogen) atoms. The average Bonchev–Trinajstić information content (AvgIpc) is 3.25. The second kappa shape index (κ2) is 7.33. The van der Waals surface area contributed by atoms with Crippen LogP contribution in [0.1, 0.15) is 55.9 Å². The van der Waals surface area contributed by atoms with E-state index in [1.54, 1.807) is 0 Å². The van der Waals surface area contributed by atoms with E-state index in [2.05, 4.69) is 57.7 Å². The van der Waals surface area contributed by atoms with Crippen molar-refractivity contribution in [3.63, 3.8) is 0 Å². The highest BCUT2D eigenvalue weighted by Gasteiger charge is 2.43. The Bertz CT molecular complexity index is 805. The Morgan fingerprint density at radius 2 is 2.00 bits per heavy atom. The first-order valence-electron chi connectivity index (χ1n) is 10.0. The molecule has 1 aromatic carbocycles. The Kier molecular flexibility index (Phi) is 4.89. The molecule has 2 aliphatic rings. The largest absolute Gasteiger partial charge is 0.350 e. The lowest BCUT2D eigenvalue weighted by Gasteiger charge is -2.38. The third kappa shape index (κ3) is 3.70. The van der Waals surface area contributed by atoms with Crippen LogP contribution in [0.5, 0.6) is 0 Å². The minimum atomic E-state index is 0.212. The van der Waals surface area contributed by atoms with E-state index in [1.807, 2.05) is 18.5 Å². The Labute approximate surface area is 161 Å². The quantitative estimate of drug-likeness (QED) is 0.667. The summed E-state index contributed by atoms with van der Waals surface area (Å²) in [6.07, 6.45) is 5.41. The number of aliphatic imine (C=N–C) groups is 1. The third-order valence-corrected chi connectivity index (χ3v) is 6.35. The van der Waals surface area contributed by atoms with Crippen LogP contribution in [0.3, 0.4) is 0 Å². The monoisotopic (exact) mass is 366 g/mol. The summed E-state index contributed by atoms with van der Waals surface area (Å²) >= 11 is 0. The molecule has 0 amide bonds. The summed E-state index contributed by atoms with van der Waals surface area (Å²) in [6, 6.07) is 10.8. The number of hydrogen-bond donors (Lipinski definition) is 1. The van der Waals surface area contributed by atoms with E-state index in [0.717, 1.165) is 30.7 Å². The van der Waals surface area contributed by atoms with Crippen molar-refractivity contribution in [1.82, 2.24) is 25.0 Å². The topological polar surface area (TPSA) is 58.3 Å². The van der Waals surface area contributed by atoms with Crippen LogP contribution < -0.4 is 5.32 Å². The first-order valence-corrected chi connectivity index (χ1v) is 10.0. The number of aromatic nitrogens is 3. The van der Waals surface area contributed by atoms with Gasteiger partial charge in [-0.25, -0.2) is 4.99 Å². The van der Waals surface area contributed by atoms with Crippen molar-refractivity contribution in [3.05, 3.63) is 47.5 Å². The molecule has 1 spiro atoms. The molecule has 0 radical (unpaired) electrons. The predicted octanol–water partition coefficient (Wildman–Crippen LogP) is 3.21. The van der Waals surface area contributed by atoms with Crippen molar-refractivity contribution in [2.45, 2.75) is 52.1 Å². The molecule has 1 saturated carbocycles. The van der Waals surface area contributed by atoms with Crippen LogP contribution in [-0.4, -0.2) is 38.7 Å². The van der Waals surface area contributed by atoms with Gasteiger partial charge in [0.05, 0.1) is 6.04 Å². The molecule has 1 unspecified atom stereocenters. The van der Waals surface area contributed by atoms with E-state index in [-0.39, 0.29) is 6.04 Å². The first-order chi connectivity index (χ1) is 13.1. The molecule has 1 aliphatic carbocycles. The second-order valence-electron chi connectivity index (χ2n) is 8.16. The van der Waals surface area contributed by atoms with Gasteiger partial charge in [-0.15, -0.1) is 10.2 Å². The van der Waals surface area contributed by atoms with E-state index >= 15 is 0 Å². The van der Waals surface area contributed by atoms with Crippen molar-refractivity contribution in [2.24, 2.45) is 17.5 Å². The van der Waals surface area contributed by atoms with E-state index in [4.69, 9.17) is 4.99 Å². The van der Waals surface area contributed by atoms with Crippen LogP contribution in [0.15, 0.2) is 35.3 Å². The summed E-state index contributed by atoms with van der Waals surface area (Å²) in [5, 5.41) is 12.1. The molecule has 2 aromatic rings. The molecule has 0 bridgehead atoms. The number of guanidine groups is 1. The highest BCUT2D eigenvalue weighted by molar-refractivity contribution is 5.80. The minimum Gasteiger partial charge on any atom is -0.350 e. The molecule has 1 saturated heterocycles. The van der Waals surface area contributed by atoms with Gasteiger partial charge in [-0.1, -0.05) is 36.8 Å². The molecule has 6 nitrogen and oxygen atoms in total. The molecule has 1 aliphatic heterocycles. The van der Waals surface area contributed by atoms with E-state index in [1.165, 1.54) is 31.2 Å². The predicted molar refractivity (Wildman–Crippen MR) is 107 cm³/mol.